The number of pyridine rings is 1. The topological polar surface area (TPSA) is 73.9 Å². The van der Waals surface area contributed by atoms with Gasteiger partial charge in [0.1, 0.15) is 6.10 Å². The molecule has 1 saturated heterocycles. The summed E-state index contributed by atoms with van der Waals surface area (Å²) < 4.78 is 6.72. The summed E-state index contributed by atoms with van der Waals surface area (Å²) in [6.07, 6.45) is 0.581. The molecule has 1 aliphatic rings. The SMILES string of the molecule is Cc1cc(-c2ccc(C(C)N3CCC(CC(C)(C)O)OC3=O)cc2)cc(C)[n+]1O. The van der Waals surface area contributed by atoms with Crippen molar-refractivity contribution in [2.45, 2.75) is 65.2 Å². The van der Waals surface area contributed by atoms with E-state index in [2.05, 4.69) is 0 Å². The Labute approximate surface area is 172 Å². The normalized spacial score (nSPS) is 18.5. The lowest BCUT2D eigenvalue weighted by atomic mass is 9.97. The minimum atomic E-state index is -0.849. The third kappa shape index (κ3) is 4.88. The van der Waals surface area contributed by atoms with E-state index in [1.165, 1.54) is 4.73 Å². The number of benzene rings is 1. The highest BCUT2D eigenvalue weighted by atomic mass is 16.6. The fourth-order valence-electron chi connectivity index (χ4n) is 3.89. The van der Waals surface area contributed by atoms with Crippen LogP contribution in [0.5, 0.6) is 0 Å². The number of carbonyl (C=O) groups is 1. The van der Waals surface area contributed by atoms with E-state index in [1.807, 2.05) is 57.2 Å². The van der Waals surface area contributed by atoms with Crippen molar-refractivity contribution in [3.63, 3.8) is 0 Å². The second-order valence-electron chi connectivity index (χ2n) is 8.64. The van der Waals surface area contributed by atoms with Crippen molar-refractivity contribution in [3.05, 3.63) is 53.3 Å². The molecule has 1 aromatic carbocycles. The molecule has 2 aromatic rings. The van der Waals surface area contributed by atoms with Gasteiger partial charge in [-0.25, -0.2) is 4.79 Å². The number of aliphatic hydroxyl groups is 1. The van der Waals surface area contributed by atoms with Crippen molar-refractivity contribution in [1.82, 2.24) is 4.90 Å². The maximum absolute atomic E-state index is 12.5. The van der Waals surface area contributed by atoms with Crippen LogP contribution >= 0.6 is 0 Å². The number of aromatic nitrogens is 1. The maximum Gasteiger partial charge on any atom is 0.410 e. The summed E-state index contributed by atoms with van der Waals surface area (Å²) in [6, 6.07) is 11.9. The van der Waals surface area contributed by atoms with Crippen LogP contribution in [0.15, 0.2) is 36.4 Å². The summed E-state index contributed by atoms with van der Waals surface area (Å²) in [7, 11) is 0. The Bertz CT molecular complexity index is 864. The van der Waals surface area contributed by atoms with Crippen molar-refractivity contribution >= 4 is 6.09 Å². The van der Waals surface area contributed by atoms with Gasteiger partial charge in [0.15, 0.2) is 0 Å². The van der Waals surface area contributed by atoms with Gasteiger partial charge in [-0.1, -0.05) is 24.3 Å². The Morgan fingerprint density at radius 2 is 1.76 bits per heavy atom. The van der Waals surface area contributed by atoms with Gasteiger partial charge in [-0.3, -0.25) is 5.21 Å². The average Bonchev–Trinajstić information content (AvgIpc) is 2.64. The number of nitrogens with zero attached hydrogens (tertiary/aromatic N) is 2. The van der Waals surface area contributed by atoms with Gasteiger partial charge < -0.3 is 14.7 Å². The molecule has 0 radical (unpaired) electrons. The second kappa shape index (κ2) is 8.03. The van der Waals surface area contributed by atoms with E-state index in [-0.39, 0.29) is 18.2 Å². The van der Waals surface area contributed by atoms with Gasteiger partial charge >= 0.3 is 6.09 Å². The van der Waals surface area contributed by atoms with Crippen molar-refractivity contribution in [2.75, 3.05) is 6.54 Å². The summed E-state index contributed by atoms with van der Waals surface area (Å²) in [6.45, 7) is 9.79. The number of carbonyl (C=O) groups excluding carboxylic acids is 1. The van der Waals surface area contributed by atoms with Gasteiger partial charge in [0.25, 0.3) is 0 Å². The van der Waals surface area contributed by atoms with Crippen LogP contribution in [0.2, 0.25) is 0 Å². The zero-order valence-electron chi connectivity index (χ0n) is 17.8. The summed E-state index contributed by atoms with van der Waals surface area (Å²) in [4.78, 5) is 14.2. The van der Waals surface area contributed by atoms with Crippen LogP contribution in [0.25, 0.3) is 11.1 Å². The molecule has 2 heterocycles. The van der Waals surface area contributed by atoms with E-state index >= 15 is 0 Å². The molecular weight excluding hydrogens is 368 g/mol. The minimum Gasteiger partial charge on any atom is -0.446 e. The molecule has 1 aliphatic heterocycles. The molecule has 6 nitrogen and oxygen atoms in total. The summed E-state index contributed by atoms with van der Waals surface area (Å²) in [5.74, 6) is 0. The van der Waals surface area contributed by atoms with Gasteiger partial charge in [-0.2, -0.15) is 0 Å². The monoisotopic (exact) mass is 399 g/mol. The molecule has 0 spiro atoms. The van der Waals surface area contributed by atoms with Crippen LogP contribution in [-0.4, -0.2) is 39.6 Å². The highest BCUT2D eigenvalue weighted by Crippen LogP contribution is 2.29. The Balaban J connectivity index is 1.71. The summed E-state index contributed by atoms with van der Waals surface area (Å²) in [5.41, 5.74) is 3.82. The Morgan fingerprint density at radius 3 is 2.28 bits per heavy atom. The standard InChI is InChI=1S/C23H31N2O4/c1-15-12-20(13-16(2)25(15)28)19-8-6-18(7-9-19)17(3)24-11-10-21(29-22(24)26)14-23(4,5)27/h6-9,12-13,17,21,27-28H,10-11,14H2,1-5H3/q+1. The third-order valence-corrected chi connectivity index (χ3v) is 5.51. The summed E-state index contributed by atoms with van der Waals surface area (Å²) >= 11 is 0. The average molecular weight is 400 g/mol. The van der Waals surface area contributed by atoms with Gasteiger partial charge in [0, 0.05) is 50.1 Å². The molecule has 6 heteroatoms. The highest BCUT2D eigenvalue weighted by Gasteiger charge is 2.33. The molecular formula is C23H31N2O4+. The molecule has 1 amide bonds. The fourth-order valence-corrected chi connectivity index (χ4v) is 3.89. The number of hydrogen-bond acceptors (Lipinski definition) is 4. The van der Waals surface area contributed by atoms with E-state index < -0.39 is 5.60 Å². The molecule has 2 unspecified atom stereocenters. The molecule has 1 fully saturated rings. The molecule has 1 aromatic heterocycles. The van der Waals surface area contributed by atoms with Crippen molar-refractivity contribution < 1.29 is 24.6 Å². The van der Waals surface area contributed by atoms with Crippen LogP contribution in [0, 0.1) is 13.8 Å². The first-order chi connectivity index (χ1) is 13.5. The first kappa shape index (κ1) is 21.1. The number of hydrogen-bond donors (Lipinski definition) is 2. The quantitative estimate of drug-likeness (QED) is 0.590. The van der Waals surface area contributed by atoms with Gasteiger partial charge in [-0.15, -0.1) is 0 Å². The number of cyclic esters (lactones) is 1. The van der Waals surface area contributed by atoms with E-state index in [1.54, 1.807) is 18.7 Å². The molecule has 2 N–H and O–H groups in total. The zero-order valence-corrected chi connectivity index (χ0v) is 17.8. The Morgan fingerprint density at radius 1 is 1.17 bits per heavy atom. The maximum atomic E-state index is 12.5. The van der Waals surface area contributed by atoms with Gasteiger partial charge in [0.05, 0.1) is 11.6 Å². The lowest BCUT2D eigenvalue weighted by Crippen LogP contribution is -2.45. The molecule has 0 bridgehead atoms. The zero-order chi connectivity index (χ0) is 21.3. The highest BCUT2D eigenvalue weighted by molar-refractivity contribution is 5.69. The van der Waals surface area contributed by atoms with E-state index in [0.717, 1.165) is 28.1 Å². The molecule has 3 rings (SSSR count). The molecule has 156 valence electrons. The number of ether oxygens (including phenoxy) is 1. The molecule has 2 atom stereocenters. The largest absolute Gasteiger partial charge is 0.446 e. The van der Waals surface area contributed by atoms with Gasteiger partial charge in [0.2, 0.25) is 11.4 Å². The van der Waals surface area contributed by atoms with Crippen LogP contribution in [0.3, 0.4) is 0 Å². The molecule has 0 saturated carbocycles. The van der Waals surface area contributed by atoms with Crippen LogP contribution < -0.4 is 4.73 Å². The van der Waals surface area contributed by atoms with E-state index in [9.17, 15) is 15.1 Å². The van der Waals surface area contributed by atoms with Crippen molar-refractivity contribution in [2.24, 2.45) is 0 Å². The Kier molecular flexibility index (Phi) is 5.85. The lowest BCUT2D eigenvalue weighted by Gasteiger charge is -2.37. The first-order valence-electron chi connectivity index (χ1n) is 10.1. The smallest absolute Gasteiger partial charge is 0.410 e. The predicted octanol–water partition coefficient (Wildman–Crippen LogP) is 3.93. The minimum absolute atomic E-state index is 0.0986. The second-order valence-corrected chi connectivity index (χ2v) is 8.64. The van der Waals surface area contributed by atoms with Crippen molar-refractivity contribution in [1.29, 1.82) is 0 Å². The number of rotatable bonds is 5. The van der Waals surface area contributed by atoms with Crippen LogP contribution in [0.1, 0.15) is 56.6 Å². The van der Waals surface area contributed by atoms with E-state index in [0.29, 0.717) is 19.4 Å². The van der Waals surface area contributed by atoms with Crippen LogP contribution in [-0.2, 0) is 4.74 Å². The molecule has 29 heavy (non-hydrogen) atoms. The van der Waals surface area contributed by atoms with Gasteiger partial charge in [-0.05, 0) is 37.5 Å². The molecule has 0 aliphatic carbocycles. The lowest BCUT2D eigenvalue weighted by molar-refractivity contribution is -0.912. The number of aryl methyl sites for hydroxylation is 2. The fraction of sp³-hybridized carbons (Fsp3) is 0.478. The third-order valence-electron chi connectivity index (χ3n) is 5.51. The van der Waals surface area contributed by atoms with Crippen LogP contribution in [0.4, 0.5) is 4.79 Å². The Hall–Kier alpha value is -2.60. The van der Waals surface area contributed by atoms with E-state index in [4.69, 9.17) is 4.74 Å². The first-order valence-corrected chi connectivity index (χ1v) is 10.1. The number of amides is 1. The predicted molar refractivity (Wildman–Crippen MR) is 110 cm³/mol. The summed E-state index contributed by atoms with van der Waals surface area (Å²) in [5, 5.41) is 19.9. The van der Waals surface area contributed by atoms with Crippen molar-refractivity contribution in [3.8, 4) is 11.1 Å².